The van der Waals surface area contributed by atoms with Crippen LogP contribution in [0, 0.1) is 0 Å². The second kappa shape index (κ2) is 4.88. The summed E-state index contributed by atoms with van der Waals surface area (Å²) in [6.45, 7) is 6.06. The fourth-order valence-corrected chi connectivity index (χ4v) is 2.39. The number of carbonyl (C=O) groups excluding carboxylic acids is 1. The van der Waals surface area contributed by atoms with E-state index in [4.69, 9.17) is 4.74 Å². The van der Waals surface area contributed by atoms with Crippen LogP contribution in [-0.4, -0.2) is 36.9 Å². The number of nitrogens with zero attached hydrogens (tertiary/aromatic N) is 1. The molecule has 1 aromatic carbocycles. The number of rotatable bonds is 5. The maximum absolute atomic E-state index is 11.9. The third kappa shape index (κ3) is 2.20. The fourth-order valence-electron chi connectivity index (χ4n) is 2.39. The van der Waals surface area contributed by atoms with Gasteiger partial charge in [0.1, 0.15) is 5.75 Å². The number of hydrogen-bond acceptors (Lipinski definition) is 3. The zero-order chi connectivity index (χ0) is 12.4. The Morgan fingerprint density at radius 1 is 1.18 bits per heavy atom. The quantitative estimate of drug-likeness (QED) is 0.779. The van der Waals surface area contributed by atoms with Gasteiger partial charge in [-0.15, -0.1) is 0 Å². The minimum Gasteiger partial charge on any atom is -0.497 e. The van der Waals surface area contributed by atoms with Gasteiger partial charge in [0, 0.05) is 0 Å². The molecule has 0 bridgehead atoms. The zero-order valence-electron chi connectivity index (χ0n) is 10.6. The molecule has 92 valence electrons. The zero-order valence-corrected chi connectivity index (χ0v) is 10.6. The summed E-state index contributed by atoms with van der Waals surface area (Å²) in [5, 5.41) is 0. The summed E-state index contributed by atoms with van der Waals surface area (Å²) in [7, 11) is 1.65. The lowest BCUT2D eigenvalue weighted by molar-refractivity contribution is -0.111. The number of hydrogen-bond donors (Lipinski definition) is 0. The van der Waals surface area contributed by atoms with Gasteiger partial charge in [0.15, 0.2) is 5.78 Å². The Bertz CT molecular complexity index is 395. The first-order chi connectivity index (χ1) is 8.22. The molecule has 0 aliphatic heterocycles. The van der Waals surface area contributed by atoms with Crippen LogP contribution in [0.25, 0.3) is 0 Å². The van der Waals surface area contributed by atoms with Crippen molar-refractivity contribution in [1.82, 2.24) is 4.90 Å². The van der Waals surface area contributed by atoms with Gasteiger partial charge in [-0.25, -0.2) is 0 Å². The number of likely N-dealkylation sites (N-methyl/N-ethyl adjacent to an activating group) is 1. The molecule has 2 unspecified atom stereocenters. The van der Waals surface area contributed by atoms with Crippen molar-refractivity contribution in [2.45, 2.75) is 25.8 Å². The summed E-state index contributed by atoms with van der Waals surface area (Å²) in [5.41, 5.74) is 1.10. The highest BCUT2D eigenvalue weighted by Crippen LogP contribution is 2.40. The lowest BCUT2D eigenvalue weighted by atomic mass is 10.1. The van der Waals surface area contributed by atoms with E-state index in [2.05, 4.69) is 18.7 Å². The van der Waals surface area contributed by atoms with E-state index < -0.39 is 0 Å². The third-order valence-corrected chi connectivity index (χ3v) is 3.49. The van der Waals surface area contributed by atoms with Crippen molar-refractivity contribution in [2.24, 2.45) is 0 Å². The van der Waals surface area contributed by atoms with Crippen LogP contribution in [0.2, 0.25) is 0 Å². The molecule has 2 rings (SSSR count). The van der Waals surface area contributed by atoms with Crippen LogP contribution in [0.4, 0.5) is 0 Å². The second-order valence-electron chi connectivity index (χ2n) is 4.32. The molecule has 0 radical (unpaired) electrons. The average Bonchev–Trinajstić information content (AvgIpc) is 3.03. The molecule has 3 nitrogen and oxygen atoms in total. The molecule has 17 heavy (non-hydrogen) atoms. The van der Waals surface area contributed by atoms with Gasteiger partial charge in [0.05, 0.1) is 19.1 Å². The molecular weight excluding hydrogens is 214 g/mol. The van der Waals surface area contributed by atoms with E-state index >= 15 is 0 Å². The minimum absolute atomic E-state index is 0.0702. The highest BCUT2D eigenvalue weighted by atomic mass is 16.5. The van der Waals surface area contributed by atoms with Gasteiger partial charge in [0.2, 0.25) is 0 Å². The summed E-state index contributed by atoms with van der Waals surface area (Å²) in [5.74, 6) is 1.25. The monoisotopic (exact) mass is 233 g/mol. The molecule has 1 aliphatic carbocycles. The van der Waals surface area contributed by atoms with Gasteiger partial charge in [-0.1, -0.05) is 26.0 Å². The minimum atomic E-state index is 0.0702. The van der Waals surface area contributed by atoms with E-state index in [1.165, 1.54) is 0 Å². The van der Waals surface area contributed by atoms with Gasteiger partial charge < -0.3 is 4.74 Å². The Morgan fingerprint density at radius 2 is 1.76 bits per heavy atom. The van der Waals surface area contributed by atoms with Crippen molar-refractivity contribution in [3.05, 3.63) is 29.8 Å². The van der Waals surface area contributed by atoms with Crippen molar-refractivity contribution in [3.63, 3.8) is 0 Å². The number of ether oxygens (including phenoxy) is 1. The summed E-state index contributed by atoms with van der Waals surface area (Å²) in [4.78, 5) is 14.1. The van der Waals surface area contributed by atoms with E-state index in [1.54, 1.807) is 7.11 Å². The topological polar surface area (TPSA) is 29.5 Å². The Hall–Kier alpha value is -1.35. The van der Waals surface area contributed by atoms with Crippen molar-refractivity contribution in [1.29, 1.82) is 0 Å². The number of benzene rings is 1. The largest absolute Gasteiger partial charge is 0.497 e. The van der Waals surface area contributed by atoms with Crippen LogP contribution in [-0.2, 0) is 4.79 Å². The molecular formula is C14H19NO2. The van der Waals surface area contributed by atoms with E-state index in [-0.39, 0.29) is 12.0 Å². The molecule has 0 aromatic heterocycles. The molecule has 3 heteroatoms. The molecule has 0 N–H and O–H groups in total. The van der Waals surface area contributed by atoms with Crippen LogP contribution in [0.5, 0.6) is 5.75 Å². The van der Waals surface area contributed by atoms with Gasteiger partial charge >= 0.3 is 0 Å². The van der Waals surface area contributed by atoms with Crippen LogP contribution in [0.1, 0.15) is 25.3 Å². The summed E-state index contributed by atoms with van der Waals surface area (Å²) in [6.07, 6.45) is 0. The smallest absolute Gasteiger partial charge is 0.160 e. The average molecular weight is 233 g/mol. The van der Waals surface area contributed by atoms with Gasteiger partial charge in [-0.2, -0.15) is 0 Å². The Labute approximate surface area is 102 Å². The highest BCUT2D eigenvalue weighted by molar-refractivity contribution is 6.08. The molecule has 0 amide bonds. The van der Waals surface area contributed by atoms with Crippen LogP contribution < -0.4 is 4.74 Å². The van der Waals surface area contributed by atoms with Crippen LogP contribution in [0.3, 0.4) is 0 Å². The molecule has 1 fully saturated rings. The van der Waals surface area contributed by atoms with Crippen LogP contribution >= 0.6 is 0 Å². The molecule has 1 aliphatic rings. The van der Waals surface area contributed by atoms with E-state index in [0.29, 0.717) is 5.78 Å². The number of ketones is 1. The SMILES string of the molecule is CCN(CC)C1C(=O)C1c1ccc(OC)cc1. The maximum Gasteiger partial charge on any atom is 0.160 e. The molecule has 0 heterocycles. The highest BCUT2D eigenvalue weighted by Gasteiger charge is 2.52. The predicted molar refractivity (Wildman–Crippen MR) is 67.5 cm³/mol. The Morgan fingerprint density at radius 3 is 2.24 bits per heavy atom. The van der Waals surface area contributed by atoms with Crippen molar-refractivity contribution < 1.29 is 9.53 Å². The first kappa shape index (κ1) is 12.1. The molecule has 1 aromatic rings. The van der Waals surface area contributed by atoms with Gasteiger partial charge in [-0.3, -0.25) is 9.69 Å². The number of Topliss-reactive ketones (excluding diaryl/α,β-unsaturated/α-hetero) is 1. The summed E-state index contributed by atoms with van der Waals surface area (Å²) in [6, 6.07) is 7.91. The molecule has 0 saturated heterocycles. The van der Waals surface area contributed by atoms with Crippen molar-refractivity contribution in [2.75, 3.05) is 20.2 Å². The van der Waals surface area contributed by atoms with Gasteiger partial charge in [-0.05, 0) is 30.8 Å². The lowest BCUT2D eigenvalue weighted by Gasteiger charge is -2.16. The molecule has 1 saturated carbocycles. The standard InChI is InChI=1S/C14H19NO2/c1-4-15(5-2)13-12(14(13)16)10-6-8-11(17-3)9-7-10/h6-9,12-13H,4-5H2,1-3H3. The number of carbonyl (C=O) groups is 1. The first-order valence-electron chi connectivity index (χ1n) is 6.14. The Balaban J connectivity index is 2.11. The van der Waals surface area contributed by atoms with E-state index in [1.807, 2.05) is 24.3 Å². The Kier molecular flexibility index (Phi) is 3.48. The lowest BCUT2D eigenvalue weighted by Crippen LogP contribution is -2.27. The van der Waals surface area contributed by atoms with Gasteiger partial charge in [0.25, 0.3) is 0 Å². The summed E-state index contributed by atoms with van der Waals surface area (Å²) >= 11 is 0. The fraction of sp³-hybridized carbons (Fsp3) is 0.500. The number of methoxy groups -OCH3 is 1. The van der Waals surface area contributed by atoms with Crippen molar-refractivity contribution in [3.8, 4) is 5.75 Å². The van der Waals surface area contributed by atoms with Crippen LogP contribution in [0.15, 0.2) is 24.3 Å². The maximum atomic E-state index is 11.9. The predicted octanol–water partition coefficient (Wildman–Crippen LogP) is 2.07. The van der Waals surface area contributed by atoms with Crippen molar-refractivity contribution >= 4 is 5.78 Å². The molecule has 2 atom stereocenters. The molecule has 0 spiro atoms. The van der Waals surface area contributed by atoms with E-state index in [0.717, 1.165) is 24.4 Å². The van der Waals surface area contributed by atoms with E-state index in [9.17, 15) is 4.79 Å². The third-order valence-electron chi connectivity index (χ3n) is 3.49. The normalized spacial score (nSPS) is 22.9. The summed E-state index contributed by atoms with van der Waals surface area (Å²) < 4.78 is 5.12. The second-order valence-corrected chi connectivity index (χ2v) is 4.32. The first-order valence-corrected chi connectivity index (χ1v) is 6.14.